The van der Waals surface area contributed by atoms with Gasteiger partial charge in [0.1, 0.15) is 11.9 Å². The van der Waals surface area contributed by atoms with Crippen LogP contribution in [-0.4, -0.2) is 22.8 Å². The number of hydrogen-bond donors (Lipinski definition) is 2. The molecular weight excluding hydrogens is 345 g/mol. The Morgan fingerprint density at radius 1 is 1.24 bits per heavy atom. The molecule has 0 aliphatic carbocycles. The Morgan fingerprint density at radius 3 is 2.60 bits per heavy atom. The molecule has 0 aliphatic heterocycles. The number of amides is 2. The number of nitrogens with zero attached hydrogens (tertiary/aromatic N) is 1. The van der Waals surface area contributed by atoms with Gasteiger partial charge in [-0.05, 0) is 29.7 Å². The van der Waals surface area contributed by atoms with Crippen LogP contribution < -0.4 is 10.6 Å². The quantitative estimate of drug-likeness (QED) is 0.829. The Morgan fingerprint density at radius 2 is 2.00 bits per heavy atom. The van der Waals surface area contributed by atoms with E-state index in [-0.39, 0.29) is 29.0 Å². The van der Waals surface area contributed by atoms with Gasteiger partial charge in [-0.2, -0.15) is 0 Å². The van der Waals surface area contributed by atoms with E-state index in [1.807, 2.05) is 6.07 Å². The fourth-order valence-electron chi connectivity index (χ4n) is 2.26. The highest BCUT2D eigenvalue weighted by molar-refractivity contribution is 6.33. The number of hydrogen-bond acceptors (Lipinski definition) is 3. The third kappa shape index (κ3) is 5.00. The lowest BCUT2D eigenvalue weighted by Crippen LogP contribution is -2.49. The number of pyridine rings is 1. The largest absolute Gasteiger partial charge is 0.350 e. The molecule has 0 saturated carbocycles. The molecular formula is C18H19ClFN3O2. The standard InChI is InChI=1S/C18H19ClFN3O2/c1-11(2)16(18(25)22-10-12-5-4-8-21-9-12)23-17(24)15-13(19)6-3-7-14(15)20/h3-9,11,16H,10H2,1-2H3,(H,22,25)(H,23,24)/t16-/m0/s1. The zero-order valence-corrected chi connectivity index (χ0v) is 14.7. The Hall–Kier alpha value is -2.47. The molecule has 0 unspecified atom stereocenters. The fourth-order valence-corrected chi connectivity index (χ4v) is 2.51. The van der Waals surface area contributed by atoms with Crippen LogP contribution in [0.3, 0.4) is 0 Å². The normalized spacial score (nSPS) is 11.9. The zero-order valence-electron chi connectivity index (χ0n) is 13.9. The second-order valence-electron chi connectivity index (χ2n) is 5.87. The zero-order chi connectivity index (χ0) is 18.4. The first-order chi connectivity index (χ1) is 11.9. The van der Waals surface area contributed by atoms with Gasteiger partial charge in [0.25, 0.3) is 5.91 Å². The van der Waals surface area contributed by atoms with Crippen molar-refractivity contribution in [3.05, 3.63) is 64.7 Å². The summed E-state index contributed by atoms with van der Waals surface area (Å²) in [5.74, 6) is -2.01. The van der Waals surface area contributed by atoms with Gasteiger partial charge in [0, 0.05) is 18.9 Å². The molecule has 1 aromatic heterocycles. The van der Waals surface area contributed by atoms with E-state index < -0.39 is 17.8 Å². The molecule has 0 radical (unpaired) electrons. The van der Waals surface area contributed by atoms with Crippen LogP contribution in [0.5, 0.6) is 0 Å². The molecule has 2 amide bonds. The van der Waals surface area contributed by atoms with Crippen molar-refractivity contribution in [2.45, 2.75) is 26.4 Å². The van der Waals surface area contributed by atoms with Gasteiger partial charge in [0.2, 0.25) is 5.91 Å². The molecule has 1 heterocycles. The second-order valence-corrected chi connectivity index (χ2v) is 6.28. The first-order valence-corrected chi connectivity index (χ1v) is 8.19. The van der Waals surface area contributed by atoms with Gasteiger partial charge >= 0.3 is 0 Å². The SMILES string of the molecule is CC(C)[C@H](NC(=O)c1c(F)cccc1Cl)C(=O)NCc1cccnc1. The summed E-state index contributed by atoms with van der Waals surface area (Å²) in [6.07, 6.45) is 3.28. The summed E-state index contributed by atoms with van der Waals surface area (Å²) < 4.78 is 13.9. The van der Waals surface area contributed by atoms with Gasteiger partial charge in [-0.3, -0.25) is 14.6 Å². The van der Waals surface area contributed by atoms with Crippen LogP contribution in [0.2, 0.25) is 5.02 Å². The highest BCUT2D eigenvalue weighted by Crippen LogP contribution is 2.19. The maximum absolute atomic E-state index is 13.9. The topological polar surface area (TPSA) is 71.1 Å². The van der Waals surface area contributed by atoms with E-state index >= 15 is 0 Å². The number of carbonyl (C=O) groups is 2. The monoisotopic (exact) mass is 363 g/mol. The van der Waals surface area contributed by atoms with Crippen LogP contribution in [0.4, 0.5) is 4.39 Å². The highest BCUT2D eigenvalue weighted by atomic mass is 35.5. The molecule has 0 aliphatic rings. The lowest BCUT2D eigenvalue weighted by atomic mass is 10.0. The summed E-state index contributed by atoms with van der Waals surface area (Å²) in [7, 11) is 0. The van der Waals surface area contributed by atoms with Crippen LogP contribution in [0.1, 0.15) is 29.8 Å². The number of rotatable bonds is 6. The molecule has 2 rings (SSSR count). The summed E-state index contributed by atoms with van der Waals surface area (Å²) in [6.45, 7) is 3.86. The Kier molecular flexibility index (Phi) is 6.47. The molecule has 7 heteroatoms. The minimum atomic E-state index is -0.820. The third-order valence-electron chi connectivity index (χ3n) is 3.62. The highest BCUT2D eigenvalue weighted by Gasteiger charge is 2.26. The summed E-state index contributed by atoms with van der Waals surface area (Å²) in [5, 5.41) is 5.30. The first-order valence-electron chi connectivity index (χ1n) is 7.81. The van der Waals surface area contributed by atoms with E-state index in [2.05, 4.69) is 15.6 Å². The molecule has 2 aromatic rings. The molecule has 0 bridgehead atoms. The second kappa shape index (κ2) is 8.58. The van der Waals surface area contributed by atoms with Crippen molar-refractivity contribution < 1.29 is 14.0 Å². The molecule has 1 aromatic carbocycles. The third-order valence-corrected chi connectivity index (χ3v) is 3.93. The van der Waals surface area contributed by atoms with Gasteiger partial charge in [-0.25, -0.2) is 4.39 Å². The predicted molar refractivity (Wildman–Crippen MR) is 93.6 cm³/mol. The van der Waals surface area contributed by atoms with Gasteiger partial charge in [0.05, 0.1) is 10.6 Å². The number of aromatic nitrogens is 1. The average Bonchev–Trinajstić information content (AvgIpc) is 2.58. The van der Waals surface area contributed by atoms with E-state index in [4.69, 9.17) is 11.6 Å². The number of halogens is 2. The fraction of sp³-hybridized carbons (Fsp3) is 0.278. The van der Waals surface area contributed by atoms with Crippen molar-refractivity contribution in [3.8, 4) is 0 Å². The minimum Gasteiger partial charge on any atom is -0.350 e. The van der Waals surface area contributed by atoms with Crippen LogP contribution in [0.15, 0.2) is 42.7 Å². The molecule has 0 spiro atoms. The van der Waals surface area contributed by atoms with E-state index in [0.717, 1.165) is 11.6 Å². The van der Waals surface area contributed by atoms with Gasteiger partial charge in [-0.1, -0.05) is 37.6 Å². The molecule has 0 saturated heterocycles. The van der Waals surface area contributed by atoms with Crippen LogP contribution >= 0.6 is 11.6 Å². The molecule has 0 fully saturated rings. The number of carbonyl (C=O) groups excluding carboxylic acids is 2. The van der Waals surface area contributed by atoms with Crippen molar-refractivity contribution in [2.24, 2.45) is 5.92 Å². The number of benzene rings is 1. The van der Waals surface area contributed by atoms with Crippen molar-refractivity contribution >= 4 is 23.4 Å². The van der Waals surface area contributed by atoms with Gasteiger partial charge in [0.15, 0.2) is 0 Å². The Balaban J connectivity index is 2.07. The Labute approximate surface area is 150 Å². The van der Waals surface area contributed by atoms with Crippen molar-refractivity contribution in [1.82, 2.24) is 15.6 Å². The van der Waals surface area contributed by atoms with Crippen molar-refractivity contribution in [1.29, 1.82) is 0 Å². The average molecular weight is 364 g/mol. The molecule has 132 valence electrons. The van der Waals surface area contributed by atoms with Crippen LogP contribution in [-0.2, 0) is 11.3 Å². The van der Waals surface area contributed by atoms with Crippen molar-refractivity contribution in [3.63, 3.8) is 0 Å². The van der Waals surface area contributed by atoms with E-state index in [0.29, 0.717) is 0 Å². The summed E-state index contributed by atoms with van der Waals surface area (Å²) in [6, 6.07) is 6.76. The van der Waals surface area contributed by atoms with Crippen LogP contribution in [0.25, 0.3) is 0 Å². The summed E-state index contributed by atoms with van der Waals surface area (Å²) in [4.78, 5) is 28.7. The first kappa shape index (κ1) is 18.9. The summed E-state index contributed by atoms with van der Waals surface area (Å²) >= 11 is 5.90. The smallest absolute Gasteiger partial charge is 0.256 e. The molecule has 1 atom stereocenters. The maximum atomic E-state index is 13.9. The minimum absolute atomic E-state index is 0.00391. The molecule has 5 nitrogen and oxygen atoms in total. The van der Waals surface area contributed by atoms with E-state index in [1.165, 1.54) is 12.1 Å². The Bertz CT molecular complexity index is 733. The van der Waals surface area contributed by atoms with E-state index in [9.17, 15) is 14.0 Å². The van der Waals surface area contributed by atoms with Crippen LogP contribution in [0, 0.1) is 11.7 Å². The maximum Gasteiger partial charge on any atom is 0.256 e. The molecule has 25 heavy (non-hydrogen) atoms. The lowest BCUT2D eigenvalue weighted by molar-refractivity contribution is -0.124. The van der Waals surface area contributed by atoms with Gasteiger partial charge in [-0.15, -0.1) is 0 Å². The lowest BCUT2D eigenvalue weighted by Gasteiger charge is -2.22. The predicted octanol–water partition coefficient (Wildman–Crippen LogP) is 2.94. The molecule has 2 N–H and O–H groups in total. The summed E-state index contributed by atoms with van der Waals surface area (Å²) in [5.41, 5.74) is 0.566. The van der Waals surface area contributed by atoms with E-state index in [1.54, 1.807) is 32.3 Å². The van der Waals surface area contributed by atoms with Crippen molar-refractivity contribution in [2.75, 3.05) is 0 Å². The number of nitrogens with one attached hydrogen (secondary N) is 2. The van der Waals surface area contributed by atoms with Gasteiger partial charge < -0.3 is 10.6 Å².